The van der Waals surface area contributed by atoms with E-state index >= 15 is 0 Å². The second-order valence-corrected chi connectivity index (χ2v) is 7.21. The van der Waals surface area contributed by atoms with E-state index in [9.17, 15) is 4.79 Å². The summed E-state index contributed by atoms with van der Waals surface area (Å²) in [6, 6.07) is 2.37. The highest BCUT2D eigenvalue weighted by Gasteiger charge is 2.25. The number of amides is 1. The van der Waals surface area contributed by atoms with Crippen molar-refractivity contribution >= 4 is 33.7 Å². The fourth-order valence-electron chi connectivity index (χ4n) is 2.61. The maximum Gasteiger partial charge on any atom is 0.220 e. The van der Waals surface area contributed by atoms with Crippen LogP contribution in [0.1, 0.15) is 23.3 Å². The second-order valence-electron chi connectivity index (χ2n) is 5.34. The van der Waals surface area contributed by atoms with Crippen molar-refractivity contribution < 1.29 is 4.79 Å². The lowest BCUT2D eigenvalue weighted by Gasteiger charge is -2.15. The van der Waals surface area contributed by atoms with E-state index < -0.39 is 0 Å². The molecule has 0 aliphatic carbocycles. The normalized spacial score (nSPS) is 18.1. The van der Waals surface area contributed by atoms with E-state index in [0.717, 1.165) is 31.1 Å². The molecule has 4 nitrogen and oxygen atoms in total. The van der Waals surface area contributed by atoms with Gasteiger partial charge in [-0.2, -0.15) is 0 Å². The van der Waals surface area contributed by atoms with Gasteiger partial charge in [-0.1, -0.05) is 0 Å². The Kier molecular flexibility index (Phi) is 4.55. The number of nitrogens with zero attached hydrogens (tertiary/aromatic N) is 2. The van der Waals surface area contributed by atoms with Crippen molar-refractivity contribution in [3.8, 4) is 0 Å². The number of thiophene rings is 1. The summed E-state index contributed by atoms with van der Waals surface area (Å²) in [4.78, 5) is 20.0. The second kappa shape index (κ2) is 6.58. The van der Waals surface area contributed by atoms with Crippen molar-refractivity contribution in [3.05, 3.63) is 33.5 Å². The van der Waals surface area contributed by atoms with Crippen LogP contribution >= 0.6 is 22.7 Å². The molecule has 0 saturated carbocycles. The van der Waals surface area contributed by atoms with Crippen LogP contribution < -0.4 is 10.2 Å². The lowest BCUT2D eigenvalue weighted by atomic mass is 10.2. The molecule has 0 unspecified atom stereocenters. The van der Waals surface area contributed by atoms with E-state index in [2.05, 4.69) is 33.6 Å². The van der Waals surface area contributed by atoms with Crippen LogP contribution in [0.5, 0.6) is 0 Å². The number of aromatic nitrogens is 1. The van der Waals surface area contributed by atoms with Gasteiger partial charge < -0.3 is 10.2 Å². The number of hydrogen-bond acceptors (Lipinski definition) is 5. The van der Waals surface area contributed by atoms with Gasteiger partial charge in [0, 0.05) is 42.0 Å². The smallest absolute Gasteiger partial charge is 0.220 e. The topological polar surface area (TPSA) is 45.2 Å². The van der Waals surface area contributed by atoms with E-state index in [4.69, 9.17) is 0 Å². The first-order valence-electron chi connectivity index (χ1n) is 7.19. The molecule has 1 atom stereocenters. The van der Waals surface area contributed by atoms with Crippen LogP contribution in [0.3, 0.4) is 0 Å². The number of anilines is 1. The van der Waals surface area contributed by atoms with Gasteiger partial charge in [0.1, 0.15) is 0 Å². The fourth-order valence-corrected chi connectivity index (χ4v) is 4.20. The molecule has 0 bridgehead atoms. The third-order valence-corrected chi connectivity index (χ3v) is 5.71. The molecule has 2 aromatic rings. The zero-order chi connectivity index (χ0) is 14.7. The van der Waals surface area contributed by atoms with E-state index in [1.54, 1.807) is 22.7 Å². The molecule has 1 N–H and O–H groups in total. The quantitative estimate of drug-likeness (QED) is 0.921. The van der Waals surface area contributed by atoms with Gasteiger partial charge in [0.05, 0.1) is 0 Å². The number of carbonyl (C=O) groups excluding carboxylic acids is 1. The first kappa shape index (κ1) is 14.5. The summed E-state index contributed by atoms with van der Waals surface area (Å²) in [7, 11) is 0. The number of thiazole rings is 1. The van der Waals surface area contributed by atoms with Crippen LogP contribution in [0.4, 0.5) is 5.13 Å². The first-order chi connectivity index (χ1) is 10.2. The molecule has 1 amide bonds. The lowest BCUT2D eigenvalue weighted by molar-refractivity contribution is -0.121. The van der Waals surface area contributed by atoms with Crippen LogP contribution in [0.15, 0.2) is 23.0 Å². The van der Waals surface area contributed by atoms with E-state index in [-0.39, 0.29) is 11.9 Å². The van der Waals surface area contributed by atoms with Crippen molar-refractivity contribution in [2.24, 2.45) is 0 Å². The van der Waals surface area contributed by atoms with Gasteiger partial charge >= 0.3 is 0 Å². The van der Waals surface area contributed by atoms with Gasteiger partial charge in [-0.15, -0.1) is 22.7 Å². The van der Waals surface area contributed by atoms with Gasteiger partial charge in [0.2, 0.25) is 5.91 Å². The number of hydrogen-bond donors (Lipinski definition) is 1. The van der Waals surface area contributed by atoms with Gasteiger partial charge in [-0.05, 0) is 36.8 Å². The number of aryl methyl sites for hydroxylation is 2. The van der Waals surface area contributed by atoms with Gasteiger partial charge in [-0.3, -0.25) is 4.79 Å². The maximum absolute atomic E-state index is 12.1. The van der Waals surface area contributed by atoms with Crippen molar-refractivity contribution in [1.82, 2.24) is 10.3 Å². The summed E-state index contributed by atoms with van der Waals surface area (Å²) >= 11 is 3.39. The number of nitrogens with one attached hydrogen (secondary N) is 1. The van der Waals surface area contributed by atoms with Gasteiger partial charge in [0.25, 0.3) is 0 Å². The Morgan fingerprint density at radius 2 is 2.38 bits per heavy atom. The first-order valence-corrected chi connectivity index (χ1v) is 8.95. The minimum atomic E-state index is 0.161. The molecule has 0 aromatic carbocycles. The molecule has 3 rings (SSSR count). The maximum atomic E-state index is 12.1. The van der Waals surface area contributed by atoms with Crippen LogP contribution in [0.2, 0.25) is 0 Å². The van der Waals surface area contributed by atoms with Crippen molar-refractivity contribution in [3.63, 3.8) is 0 Å². The Morgan fingerprint density at radius 3 is 3.10 bits per heavy atom. The fraction of sp³-hybridized carbons (Fsp3) is 0.467. The van der Waals surface area contributed by atoms with Gasteiger partial charge in [-0.25, -0.2) is 4.98 Å². The minimum absolute atomic E-state index is 0.161. The summed E-state index contributed by atoms with van der Waals surface area (Å²) in [6.07, 6.45) is 4.26. The van der Waals surface area contributed by atoms with Gasteiger partial charge in [0.15, 0.2) is 5.13 Å². The molecular formula is C15H19N3OS2. The molecule has 1 saturated heterocycles. The predicted molar refractivity (Wildman–Crippen MR) is 88.3 cm³/mol. The Hall–Kier alpha value is -1.40. The summed E-state index contributed by atoms with van der Waals surface area (Å²) in [5.41, 5.74) is 1.30. The standard InChI is InChI=1S/C15H19N3OS2/c1-11-5-8-20-13(11)2-3-14(19)17-12-4-7-18(10-12)15-16-6-9-21-15/h5-6,8-9,12H,2-4,7,10H2,1H3,(H,17,19)/t12-/m1/s1. The predicted octanol–water partition coefficient (Wildman–Crippen LogP) is 2.84. The minimum Gasteiger partial charge on any atom is -0.352 e. The number of rotatable bonds is 5. The molecule has 1 aliphatic heterocycles. The highest BCUT2D eigenvalue weighted by atomic mass is 32.1. The third kappa shape index (κ3) is 3.63. The number of carbonyl (C=O) groups is 1. The SMILES string of the molecule is Cc1ccsc1CCC(=O)N[C@@H]1CCN(c2nccs2)C1. The Morgan fingerprint density at radius 1 is 1.48 bits per heavy atom. The molecule has 2 aromatic heterocycles. The van der Waals surface area contributed by atoms with Crippen LogP contribution in [0.25, 0.3) is 0 Å². The molecule has 112 valence electrons. The summed E-state index contributed by atoms with van der Waals surface area (Å²) < 4.78 is 0. The average molecular weight is 321 g/mol. The zero-order valence-corrected chi connectivity index (χ0v) is 13.7. The average Bonchev–Trinajstić information content (AvgIpc) is 3.17. The summed E-state index contributed by atoms with van der Waals surface area (Å²) in [5, 5.41) is 8.29. The van der Waals surface area contributed by atoms with E-state index in [1.165, 1.54) is 10.4 Å². The molecule has 0 radical (unpaired) electrons. The van der Waals surface area contributed by atoms with Crippen LogP contribution in [-0.2, 0) is 11.2 Å². The summed E-state index contributed by atoms with van der Waals surface area (Å²) in [5.74, 6) is 0.161. The molecule has 6 heteroatoms. The lowest BCUT2D eigenvalue weighted by Crippen LogP contribution is -2.37. The summed E-state index contributed by atoms with van der Waals surface area (Å²) in [6.45, 7) is 3.95. The van der Waals surface area contributed by atoms with E-state index in [1.807, 2.05) is 11.6 Å². The Balaban J connectivity index is 1.44. The monoisotopic (exact) mass is 321 g/mol. The zero-order valence-electron chi connectivity index (χ0n) is 12.0. The van der Waals surface area contributed by atoms with Crippen molar-refractivity contribution in [2.45, 2.75) is 32.2 Å². The Labute approximate surface area is 132 Å². The highest BCUT2D eigenvalue weighted by molar-refractivity contribution is 7.13. The van der Waals surface area contributed by atoms with Crippen molar-refractivity contribution in [1.29, 1.82) is 0 Å². The highest BCUT2D eigenvalue weighted by Crippen LogP contribution is 2.22. The molecule has 0 spiro atoms. The third-order valence-electron chi connectivity index (χ3n) is 3.79. The molecule has 1 fully saturated rings. The molecular weight excluding hydrogens is 302 g/mol. The molecule has 21 heavy (non-hydrogen) atoms. The van der Waals surface area contributed by atoms with Crippen molar-refractivity contribution in [2.75, 3.05) is 18.0 Å². The van der Waals surface area contributed by atoms with Crippen LogP contribution in [0, 0.1) is 6.92 Å². The largest absolute Gasteiger partial charge is 0.352 e. The molecule has 1 aliphatic rings. The van der Waals surface area contributed by atoms with E-state index in [0.29, 0.717) is 6.42 Å². The van der Waals surface area contributed by atoms with Crippen LogP contribution in [-0.4, -0.2) is 30.0 Å². The molecule has 3 heterocycles. The Bertz CT molecular complexity index is 594.